The average Bonchev–Trinajstić information content (AvgIpc) is 2.31. The Morgan fingerprint density at radius 3 is 2.47 bits per heavy atom. The summed E-state index contributed by atoms with van der Waals surface area (Å²) in [5, 5.41) is 19.1. The van der Waals surface area contributed by atoms with Gasteiger partial charge in [-0.2, -0.15) is 0 Å². The molecule has 88 valence electrons. The lowest BCUT2D eigenvalue weighted by molar-refractivity contribution is 0.214. The summed E-state index contributed by atoms with van der Waals surface area (Å²) in [4.78, 5) is 0. The lowest BCUT2D eigenvalue weighted by Gasteiger charge is -2.12. The number of hydrogen-bond acceptors (Lipinski definition) is 2. The van der Waals surface area contributed by atoms with Crippen molar-refractivity contribution in [2.45, 2.75) is 6.10 Å². The van der Waals surface area contributed by atoms with Crippen LogP contribution in [0.15, 0.2) is 42.5 Å². The van der Waals surface area contributed by atoms with Gasteiger partial charge in [-0.25, -0.2) is 8.78 Å². The minimum Gasteiger partial charge on any atom is -0.508 e. The Morgan fingerprint density at radius 1 is 1.00 bits per heavy atom. The Balaban J connectivity index is 2.43. The van der Waals surface area contributed by atoms with E-state index in [1.54, 1.807) is 0 Å². The number of hydrogen-bond donors (Lipinski definition) is 2. The molecule has 0 aromatic heterocycles. The molecule has 2 rings (SSSR count). The molecule has 0 spiro atoms. The number of aromatic hydroxyl groups is 1. The molecule has 0 aliphatic carbocycles. The third-order valence-corrected chi connectivity index (χ3v) is 2.44. The van der Waals surface area contributed by atoms with Crippen LogP contribution >= 0.6 is 0 Å². The highest BCUT2D eigenvalue weighted by atomic mass is 19.1. The Hall–Kier alpha value is -1.94. The van der Waals surface area contributed by atoms with Crippen molar-refractivity contribution in [1.29, 1.82) is 0 Å². The molecule has 0 aliphatic heterocycles. The summed E-state index contributed by atoms with van der Waals surface area (Å²) < 4.78 is 26.4. The second-order valence-electron chi connectivity index (χ2n) is 3.66. The maximum atomic E-state index is 13.4. The fourth-order valence-electron chi connectivity index (χ4n) is 1.60. The molecule has 0 amide bonds. The minimum absolute atomic E-state index is 0.0874. The number of aliphatic hydroxyl groups excluding tert-OH is 1. The fraction of sp³-hybridized carbons (Fsp3) is 0.0769. The van der Waals surface area contributed by atoms with E-state index < -0.39 is 17.7 Å². The van der Waals surface area contributed by atoms with Gasteiger partial charge in [-0.1, -0.05) is 12.1 Å². The van der Waals surface area contributed by atoms with Crippen LogP contribution in [0.5, 0.6) is 5.75 Å². The summed E-state index contributed by atoms with van der Waals surface area (Å²) >= 11 is 0. The third-order valence-electron chi connectivity index (χ3n) is 2.44. The Labute approximate surface area is 96.8 Å². The van der Waals surface area contributed by atoms with Crippen molar-refractivity contribution in [3.05, 3.63) is 65.2 Å². The largest absolute Gasteiger partial charge is 0.508 e. The zero-order valence-corrected chi connectivity index (χ0v) is 8.77. The van der Waals surface area contributed by atoms with Crippen molar-refractivity contribution in [2.24, 2.45) is 0 Å². The van der Waals surface area contributed by atoms with Crippen molar-refractivity contribution in [1.82, 2.24) is 0 Å². The molecule has 0 radical (unpaired) electrons. The second kappa shape index (κ2) is 4.51. The standard InChI is InChI=1S/C13H10F2O2/c14-9-3-1-2-8(6-9)13(17)11-7-10(16)4-5-12(11)15/h1-7,13,16-17H/t13-/m0/s1. The molecule has 2 N–H and O–H groups in total. The molecule has 0 bridgehead atoms. The monoisotopic (exact) mass is 236 g/mol. The topological polar surface area (TPSA) is 40.5 Å². The van der Waals surface area contributed by atoms with Crippen LogP contribution in [0.1, 0.15) is 17.2 Å². The molecule has 0 aliphatic rings. The summed E-state index contributed by atoms with van der Waals surface area (Å²) in [7, 11) is 0. The average molecular weight is 236 g/mol. The molecule has 0 saturated heterocycles. The van der Waals surface area contributed by atoms with Crippen LogP contribution in [0.25, 0.3) is 0 Å². The van der Waals surface area contributed by atoms with Crippen molar-refractivity contribution in [3.8, 4) is 5.75 Å². The molecule has 0 fully saturated rings. The first-order chi connectivity index (χ1) is 8.08. The number of halogens is 2. The van der Waals surface area contributed by atoms with Crippen molar-refractivity contribution in [3.63, 3.8) is 0 Å². The Morgan fingerprint density at radius 2 is 1.76 bits per heavy atom. The van der Waals surface area contributed by atoms with E-state index in [0.717, 1.165) is 18.2 Å². The van der Waals surface area contributed by atoms with Gasteiger partial charge in [0.1, 0.15) is 23.5 Å². The van der Waals surface area contributed by atoms with Gasteiger partial charge in [-0.05, 0) is 35.9 Å². The molecular weight excluding hydrogens is 226 g/mol. The van der Waals surface area contributed by atoms with Crippen LogP contribution in [-0.4, -0.2) is 10.2 Å². The van der Waals surface area contributed by atoms with Crippen LogP contribution in [0, 0.1) is 11.6 Å². The van der Waals surface area contributed by atoms with Crippen molar-refractivity contribution in [2.75, 3.05) is 0 Å². The van der Waals surface area contributed by atoms with Gasteiger partial charge < -0.3 is 10.2 Å². The Bertz CT molecular complexity index is 541. The smallest absolute Gasteiger partial charge is 0.129 e. The van der Waals surface area contributed by atoms with Gasteiger partial charge in [0, 0.05) is 5.56 Å². The van der Waals surface area contributed by atoms with Gasteiger partial charge in [0.15, 0.2) is 0 Å². The van der Waals surface area contributed by atoms with Crippen LogP contribution in [0.2, 0.25) is 0 Å². The zero-order valence-electron chi connectivity index (χ0n) is 8.77. The van der Waals surface area contributed by atoms with E-state index in [1.807, 2.05) is 0 Å². The highest BCUT2D eigenvalue weighted by Crippen LogP contribution is 2.27. The second-order valence-corrected chi connectivity index (χ2v) is 3.66. The predicted molar refractivity (Wildman–Crippen MR) is 58.5 cm³/mol. The summed E-state index contributed by atoms with van der Waals surface area (Å²) in [5.41, 5.74) is 0.144. The summed E-state index contributed by atoms with van der Waals surface area (Å²) in [6.45, 7) is 0. The van der Waals surface area contributed by atoms with Gasteiger partial charge in [0.25, 0.3) is 0 Å². The van der Waals surface area contributed by atoms with E-state index in [9.17, 15) is 19.0 Å². The molecule has 2 aromatic rings. The first-order valence-electron chi connectivity index (χ1n) is 5.00. The number of phenolic OH excluding ortho intramolecular Hbond substituents is 1. The Kier molecular flexibility index (Phi) is 3.06. The highest BCUT2D eigenvalue weighted by molar-refractivity contribution is 5.35. The molecular formula is C13H10F2O2. The summed E-state index contributed by atoms with van der Waals surface area (Å²) in [6, 6.07) is 8.60. The van der Waals surface area contributed by atoms with E-state index in [2.05, 4.69) is 0 Å². The predicted octanol–water partition coefficient (Wildman–Crippen LogP) is 2.75. The fourth-order valence-corrected chi connectivity index (χ4v) is 1.60. The maximum absolute atomic E-state index is 13.4. The number of benzene rings is 2. The van der Waals surface area contributed by atoms with Gasteiger partial charge in [-0.15, -0.1) is 0 Å². The first kappa shape index (κ1) is 11.5. The normalized spacial score (nSPS) is 12.4. The SMILES string of the molecule is Oc1ccc(F)c([C@@H](O)c2cccc(F)c2)c1. The minimum atomic E-state index is -1.31. The van der Waals surface area contributed by atoms with Gasteiger partial charge >= 0.3 is 0 Å². The molecule has 0 saturated carbocycles. The molecule has 2 nitrogen and oxygen atoms in total. The lowest BCUT2D eigenvalue weighted by atomic mass is 10.0. The maximum Gasteiger partial charge on any atom is 0.129 e. The zero-order chi connectivity index (χ0) is 12.4. The number of phenols is 1. The van der Waals surface area contributed by atoms with E-state index in [0.29, 0.717) is 0 Å². The lowest BCUT2D eigenvalue weighted by Crippen LogP contribution is -2.02. The van der Waals surface area contributed by atoms with Crippen molar-refractivity contribution >= 4 is 0 Å². The van der Waals surface area contributed by atoms with E-state index >= 15 is 0 Å². The van der Waals surface area contributed by atoms with Crippen LogP contribution < -0.4 is 0 Å². The van der Waals surface area contributed by atoms with E-state index in [1.165, 1.54) is 24.3 Å². The van der Waals surface area contributed by atoms with E-state index in [-0.39, 0.29) is 16.9 Å². The molecule has 2 aromatic carbocycles. The highest BCUT2D eigenvalue weighted by Gasteiger charge is 2.16. The molecule has 0 unspecified atom stereocenters. The number of rotatable bonds is 2. The molecule has 1 atom stereocenters. The van der Waals surface area contributed by atoms with Crippen LogP contribution in [0.3, 0.4) is 0 Å². The van der Waals surface area contributed by atoms with Crippen LogP contribution in [-0.2, 0) is 0 Å². The molecule has 0 heterocycles. The molecule has 17 heavy (non-hydrogen) atoms. The van der Waals surface area contributed by atoms with Crippen molar-refractivity contribution < 1.29 is 19.0 Å². The summed E-state index contributed by atoms with van der Waals surface area (Å²) in [6.07, 6.45) is -1.31. The quantitative estimate of drug-likeness (QED) is 0.841. The summed E-state index contributed by atoms with van der Waals surface area (Å²) in [5.74, 6) is -1.32. The van der Waals surface area contributed by atoms with E-state index in [4.69, 9.17) is 0 Å². The van der Waals surface area contributed by atoms with Crippen LogP contribution in [0.4, 0.5) is 8.78 Å². The molecule has 4 heteroatoms. The first-order valence-corrected chi connectivity index (χ1v) is 5.00. The van der Waals surface area contributed by atoms with Gasteiger partial charge in [-0.3, -0.25) is 0 Å². The number of aliphatic hydroxyl groups is 1. The third kappa shape index (κ3) is 2.42. The van der Waals surface area contributed by atoms with Gasteiger partial charge in [0.2, 0.25) is 0 Å². The van der Waals surface area contributed by atoms with Gasteiger partial charge in [0.05, 0.1) is 0 Å².